The van der Waals surface area contributed by atoms with Crippen LogP contribution in [0.25, 0.3) is 111 Å². The van der Waals surface area contributed by atoms with Gasteiger partial charge in [-0.05, 0) is 53.6 Å². The minimum atomic E-state index is 0.535. The van der Waals surface area contributed by atoms with Crippen LogP contribution in [-0.2, 0) is 0 Å². The van der Waals surface area contributed by atoms with E-state index in [2.05, 4.69) is 137 Å². The van der Waals surface area contributed by atoms with Crippen molar-refractivity contribution in [3.8, 4) is 45.5 Å². The van der Waals surface area contributed by atoms with E-state index in [1.807, 2.05) is 60.7 Å². The Morgan fingerprint density at radius 2 is 0.982 bits per heavy atom. The molecule has 6 nitrogen and oxygen atoms in total. The molecular weight excluding hydrogens is 699 g/mol. The van der Waals surface area contributed by atoms with Gasteiger partial charge in [0.2, 0.25) is 5.95 Å². The maximum Gasteiger partial charge on any atom is 0.238 e. The summed E-state index contributed by atoms with van der Waals surface area (Å²) >= 11 is 0. The number of aromatic nitrogens is 5. The van der Waals surface area contributed by atoms with Crippen LogP contribution in [0.5, 0.6) is 0 Å². The maximum atomic E-state index is 6.51. The molecular formula is C51H31N5O. The van der Waals surface area contributed by atoms with Crippen molar-refractivity contribution in [2.75, 3.05) is 0 Å². The first-order chi connectivity index (χ1) is 28.3. The van der Waals surface area contributed by atoms with E-state index in [-0.39, 0.29) is 0 Å². The zero-order chi connectivity index (χ0) is 37.5. The van der Waals surface area contributed by atoms with Crippen LogP contribution in [0.2, 0.25) is 0 Å². The molecule has 8 aromatic carbocycles. The van der Waals surface area contributed by atoms with Crippen LogP contribution in [0.3, 0.4) is 0 Å². The summed E-state index contributed by atoms with van der Waals surface area (Å²) in [5.74, 6) is 1.67. The Balaban J connectivity index is 1.15. The molecule has 57 heavy (non-hydrogen) atoms. The van der Waals surface area contributed by atoms with Crippen LogP contribution in [0.15, 0.2) is 192 Å². The molecule has 12 rings (SSSR count). The minimum absolute atomic E-state index is 0.535. The molecule has 0 aliphatic heterocycles. The van der Waals surface area contributed by atoms with Crippen molar-refractivity contribution in [1.29, 1.82) is 0 Å². The Kier molecular flexibility index (Phi) is 6.83. The molecule has 0 aliphatic rings. The molecule has 6 heteroatoms. The normalized spacial score (nSPS) is 11.9. The van der Waals surface area contributed by atoms with E-state index in [1.165, 1.54) is 21.9 Å². The number of nitrogens with zero attached hydrogens (tertiary/aromatic N) is 5. The van der Waals surface area contributed by atoms with Crippen molar-refractivity contribution in [1.82, 2.24) is 24.1 Å². The highest BCUT2D eigenvalue weighted by Crippen LogP contribution is 2.42. The second-order valence-electron chi connectivity index (χ2n) is 14.4. The van der Waals surface area contributed by atoms with Crippen LogP contribution in [-0.4, -0.2) is 24.1 Å². The summed E-state index contributed by atoms with van der Waals surface area (Å²) in [5, 5.41) is 6.72. The van der Waals surface area contributed by atoms with Crippen LogP contribution in [0.4, 0.5) is 0 Å². The molecule has 0 spiro atoms. The maximum absolute atomic E-state index is 6.51. The lowest BCUT2D eigenvalue weighted by atomic mass is 10.1. The molecule has 0 saturated carbocycles. The number of hydrogen-bond acceptors (Lipinski definition) is 4. The van der Waals surface area contributed by atoms with Crippen molar-refractivity contribution < 1.29 is 4.42 Å². The third-order valence-electron chi connectivity index (χ3n) is 11.2. The largest absolute Gasteiger partial charge is 0.455 e. The molecule has 4 heterocycles. The molecule has 0 unspecified atom stereocenters. The lowest BCUT2D eigenvalue weighted by Crippen LogP contribution is -2.06. The summed E-state index contributed by atoms with van der Waals surface area (Å²) < 4.78 is 11.1. The van der Waals surface area contributed by atoms with E-state index in [9.17, 15) is 0 Å². The molecule has 0 N–H and O–H groups in total. The van der Waals surface area contributed by atoms with Gasteiger partial charge in [-0.2, -0.15) is 9.97 Å². The number of furan rings is 1. The van der Waals surface area contributed by atoms with Crippen LogP contribution in [0, 0.1) is 0 Å². The van der Waals surface area contributed by atoms with Gasteiger partial charge in [0.05, 0.1) is 27.6 Å². The van der Waals surface area contributed by atoms with Gasteiger partial charge in [-0.25, -0.2) is 4.98 Å². The second-order valence-corrected chi connectivity index (χ2v) is 14.4. The van der Waals surface area contributed by atoms with E-state index in [1.54, 1.807) is 0 Å². The third-order valence-corrected chi connectivity index (χ3v) is 11.2. The Morgan fingerprint density at radius 3 is 1.77 bits per heavy atom. The molecule has 0 atom stereocenters. The molecule has 0 bridgehead atoms. The summed E-state index contributed by atoms with van der Waals surface area (Å²) in [6.07, 6.45) is 0. The molecule has 0 amide bonds. The average molecular weight is 730 g/mol. The predicted molar refractivity (Wildman–Crippen MR) is 232 cm³/mol. The molecule has 0 fully saturated rings. The molecule has 0 saturated heterocycles. The lowest BCUT2D eigenvalue weighted by Gasteiger charge is -2.12. The highest BCUT2D eigenvalue weighted by Gasteiger charge is 2.24. The van der Waals surface area contributed by atoms with Crippen molar-refractivity contribution in [3.05, 3.63) is 188 Å². The van der Waals surface area contributed by atoms with Gasteiger partial charge in [0.15, 0.2) is 11.6 Å². The Hall–Kier alpha value is -7.83. The van der Waals surface area contributed by atoms with E-state index in [0.717, 1.165) is 71.6 Å². The Labute approximate surface area is 326 Å². The highest BCUT2D eigenvalue weighted by atomic mass is 16.3. The molecule has 4 aromatic heterocycles. The lowest BCUT2D eigenvalue weighted by molar-refractivity contribution is 0.669. The van der Waals surface area contributed by atoms with E-state index >= 15 is 0 Å². The van der Waals surface area contributed by atoms with Crippen molar-refractivity contribution >= 4 is 65.6 Å². The second kappa shape index (κ2) is 12.3. The quantitative estimate of drug-likeness (QED) is 0.177. The highest BCUT2D eigenvalue weighted by molar-refractivity contribution is 6.26. The van der Waals surface area contributed by atoms with Gasteiger partial charge in [0.25, 0.3) is 0 Å². The van der Waals surface area contributed by atoms with Gasteiger partial charge in [0, 0.05) is 43.6 Å². The molecule has 0 radical (unpaired) electrons. The first kappa shape index (κ1) is 31.5. The molecule has 0 aliphatic carbocycles. The van der Waals surface area contributed by atoms with Crippen LogP contribution in [0.1, 0.15) is 0 Å². The zero-order valence-corrected chi connectivity index (χ0v) is 30.5. The van der Waals surface area contributed by atoms with Gasteiger partial charge < -0.3 is 8.98 Å². The summed E-state index contributed by atoms with van der Waals surface area (Å²) in [6.45, 7) is 0. The fraction of sp³-hybridized carbons (Fsp3) is 0. The van der Waals surface area contributed by atoms with Gasteiger partial charge >= 0.3 is 0 Å². The topological polar surface area (TPSA) is 61.7 Å². The monoisotopic (exact) mass is 729 g/mol. The van der Waals surface area contributed by atoms with Crippen LogP contribution < -0.4 is 0 Å². The van der Waals surface area contributed by atoms with Gasteiger partial charge in [-0.15, -0.1) is 0 Å². The van der Waals surface area contributed by atoms with E-state index in [4.69, 9.17) is 19.4 Å². The van der Waals surface area contributed by atoms with E-state index in [0.29, 0.717) is 17.6 Å². The first-order valence-corrected chi connectivity index (χ1v) is 19.1. The number of rotatable bonds is 5. The first-order valence-electron chi connectivity index (χ1n) is 19.1. The predicted octanol–water partition coefficient (Wildman–Crippen LogP) is 13.0. The third kappa shape index (κ3) is 4.81. The van der Waals surface area contributed by atoms with Crippen molar-refractivity contribution in [2.24, 2.45) is 0 Å². The zero-order valence-electron chi connectivity index (χ0n) is 30.5. The smallest absolute Gasteiger partial charge is 0.238 e. The van der Waals surface area contributed by atoms with Gasteiger partial charge in [0.1, 0.15) is 11.2 Å². The van der Waals surface area contributed by atoms with Crippen molar-refractivity contribution in [3.63, 3.8) is 0 Å². The summed E-state index contributed by atoms with van der Waals surface area (Å²) in [7, 11) is 0. The van der Waals surface area contributed by atoms with E-state index < -0.39 is 0 Å². The fourth-order valence-corrected chi connectivity index (χ4v) is 8.65. The van der Waals surface area contributed by atoms with Gasteiger partial charge in [-0.3, -0.25) is 4.57 Å². The SMILES string of the molecule is c1ccc(-c2ccc(-n3c4ccccc4c4ccc5c(c6ccccc6n5-c5nc(-c6ccccc6)nc(-c6cccc7c6oc6ccccc67)n5)c43)cc2)cc1. The number of fused-ring (bicyclic) bond motifs is 10. The summed E-state index contributed by atoms with van der Waals surface area (Å²) in [5.41, 5.74) is 11.1. The number of hydrogen-bond donors (Lipinski definition) is 0. The number of para-hydroxylation sites is 4. The fourth-order valence-electron chi connectivity index (χ4n) is 8.65. The molecule has 12 aromatic rings. The van der Waals surface area contributed by atoms with Crippen LogP contribution >= 0.6 is 0 Å². The summed E-state index contributed by atoms with van der Waals surface area (Å²) in [4.78, 5) is 15.7. The average Bonchev–Trinajstić information content (AvgIpc) is 3.95. The Morgan fingerprint density at radius 1 is 0.368 bits per heavy atom. The number of benzene rings is 8. The molecule has 266 valence electrons. The van der Waals surface area contributed by atoms with Gasteiger partial charge in [-0.1, -0.05) is 146 Å². The minimum Gasteiger partial charge on any atom is -0.455 e. The van der Waals surface area contributed by atoms with Crippen molar-refractivity contribution in [2.45, 2.75) is 0 Å². The Bertz CT molecular complexity index is 3510. The summed E-state index contributed by atoms with van der Waals surface area (Å²) in [6, 6.07) is 65.6. The standard InChI is InChI=1S/C51H31N5O/c1-3-14-32(15-4-1)33-26-28-35(29-27-33)55-42-23-10-7-18-36(42)38-30-31-44-46(47(38)55)40-20-8-11-24-43(40)56(44)51-53-49(34-16-5-2-6-17-34)52-50(54-51)41-22-13-21-39-37-19-9-12-25-45(37)57-48(39)41/h1-31H.